The van der Waals surface area contributed by atoms with Gasteiger partial charge < -0.3 is 4.42 Å². The third-order valence-corrected chi connectivity index (χ3v) is 5.69. The van der Waals surface area contributed by atoms with Gasteiger partial charge in [-0.3, -0.25) is 9.97 Å². The van der Waals surface area contributed by atoms with Crippen LogP contribution in [0.5, 0.6) is 0 Å². The third kappa shape index (κ3) is 2.96. The van der Waals surface area contributed by atoms with E-state index in [9.17, 15) is 4.39 Å². The van der Waals surface area contributed by atoms with Crippen LogP contribution in [0.3, 0.4) is 0 Å². The van der Waals surface area contributed by atoms with Crippen molar-refractivity contribution >= 4 is 21.9 Å². The topological polar surface area (TPSA) is 38.9 Å². The molecule has 0 amide bonds. The number of aryl methyl sites for hydroxylation is 1. The van der Waals surface area contributed by atoms with Crippen LogP contribution >= 0.6 is 0 Å². The summed E-state index contributed by atoms with van der Waals surface area (Å²) in [5.74, 6) is -0.305. The molecule has 30 heavy (non-hydrogen) atoms. The predicted molar refractivity (Wildman–Crippen MR) is 118 cm³/mol. The van der Waals surface area contributed by atoms with E-state index in [1.807, 2.05) is 49.4 Å². The smallest absolute Gasteiger partial charge is 0.139 e. The van der Waals surface area contributed by atoms with Crippen LogP contribution in [0.1, 0.15) is 30.8 Å². The van der Waals surface area contributed by atoms with Crippen molar-refractivity contribution in [1.82, 2.24) is 9.97 Å². The van der Waals surface area contributed by atoms with E-state index in [0.717, 1.165) is 38.9 Å². The van der Waals surface area contributed by atoms with E-state index < -0.39 is 0 Å². The monoisotopic (exact) mass is 396 g/mol. The Morgan fingerprint density at radius 2 is 1.70 bits per heavy atom. The molecule has 3 heterocycles. The maximum Gasteiger partial charge on any atom is 0.139 e. The number of hydrogen-bond acceptors (Lipinski definition) is 3. The molecule has 3 nitrogen and oxygen atoms in total. The summed E-state index contributed by atoms with van der Waals surface area (Å²) in [6.07, 6.45) is 1.48. The summed E-state index contributed by atoms with van der Waals surface area (Å²) in [6, 6.07) is 21.0. The van der Waals surface area contributed by atoms with Gasteiger partial charge in [0.2, 0.25) is 0 Å². The van der Waals surface area contributed by atoms with Gasteiger partial charge in [0.1, 0.15) is 17.0 Å². The van der Waals surface area contributed by atoms with Crippen molar-refractivity contribution in [1.29, 1.82) is 0 Å². The molecule has 0 radical (unpaired) electrons. The van der Waals surface area contributed by atoms with Gasteiger partial charge >= 0.3 is 0 Å². The SMILES string of the molecule is Cc1cc2oc3ccc(-c4cc(F)ccn4)cc3c2c(C(C)(C)c2ccccc2)n1. The fourth-order valence-corrected chi connectivity index (χ4v) is 4.08. The minimum atomic E-state index is -0.324. The molecule has 0 bridgehead atoms. The molecule has 2 aromatic carbocycles. The van der Waals surface area contributed by atoms with Crippen LogP contribution in [0.15, 0.2) is 77.3 Å². The van der Waals surface area contributed by atoms with E-state index in [1.54, 1.807) is 0 Å². The van der Waals surface area contributed by atoms with Crippen molar-refractivity contribution in [2.75, 3.05) is 0 Å². The zero-order chi connectivity index (χ0) is 20.9. The summed E-state index contributed by atoms with van der Waals surface area (Å²) in [5, 5.41) is 1.95. The van der Waals surface area contributed by atoms with Crippen LogP contribution in [0, 0.1) is 12.7 Å². The first-order chi connectivity index (χ1) is 14.4. The predicted octanol–water partition coefficient (Wildman–Crippen LogP) is 6.82. The summed E-state index contributed by atoms with van der Waals surface area (Å²) in [7, 11) is 0. The summed E-state index contributed by atoms with van der Waals surface area (Å²) in [5.41, 5.74) is 5.75. The molecule has 0 saturated carbocycles. The van der Waals surface area contributed by atoms with Crippen molar-refractivity contribution < 1.29 is 8.81 Å². The fraction of sp³-hybridized carbons (Fsp3) is 0.154. The molecule has 0 fully saturated rings. The molecule has 5 rings (SSSR count). The summed E-state index contributed by atoms with van der Waals surface area (Å²) in [4.78, 5) is 9.28. The molecule has 0 unspecified atom stereocenters. The highest BCUT2D eigenvalue weighted by atomic mass is 19.1. The van der Waals surface area contributed by atoms with Crippen LogP contribution in [-0.4, -0.2) is 9.97 Å². The lowest BCUT2D eigenvalue weighted by Crippen LogP contribution is -2.21. The second-order valence-electron chi connectivity index (χ2n) is 8.15. The molecule has 0 saturated heterocycles. The van der Waals surface area contributed by atoms with Gasteiger partial charge in [0.15, 0.2) is 0 Å². The van der Waals surface area contributed by atoms with Crippen LogP contribution in [0.2, 0.25) is 0 Å². The molecule has 148 valence electrons. The Kier molecular flexibility index (Phi) is 4.17. The van der Waals surface area contributed by atoms with Gasteiger partial charge in [-0.1, -0.05) is 44.2 Å². The molecular weight excluding hydrogens is 375 g/mol. The van der Waals surface area contributed by atoms with Crippen molar-refractivity contribution in [3.05, 3.63) is 95.7 Å². The maximum atomic E-state index is 13.7. The summed E-state index contributed by atoms with van der Waals surface area (Å²) >= 11 is 0. The van der Waals surface area contributed by atoms with Crippen LogP contribution in [0.25, 0.3) is 33.2 Å². The standard InChI is InChI=1S/C26H21FN2O/c1-16-13-23-24(25(29-16)26(2,3)18-7-5-4-6-8-18)20-14-17(9-10-22(20)30-23)21-15-19(27)11-12-28-21/h4-15H,1-3H3. The van der Waals surface area contributed by atoms with Gasteiger partial charge in [-0.05, 0) is 36.8 Å². The Morgan fingerprint density at radius 3 is 2.47 bits per heavy atom. The number of fused-ring (bicyclic) bond motifs is 3. The Bertz CT molecular complexity index is 1390. The third-order valence-electron chi connectivity index (χ3n) is 5.69. The van der Waals surface area contributed by atoms with Gasteiger partial charge in [-0.15, -0.1) is 0 Å². The first kappa shape index (κ1) is 18.5. The largest absolute Gasteiger partial charge is 0.456 e. The molecule has 0 spiro atoms. The van der Waals surface area contributed by atoms with E-state index in [4.69, 9.17) is 9.40 Å². The van der Waals surface area contributed by atoms with Crippen LogP contribution in [0.4, 0.5) is 4.39 Å². The zero-order valence-electron chi connectivity index (χ0n) is 17.1. The maximum absolute atomic E-state index is 13.7. The van der Waals surface area contributed by atoms with Gasteiger partial charge in [-0.2, -0.15) is 0 Å². The lowest BCUT2D eigenvalue weighted by molar-refractivity contribution is 0.618. The highest BCUT2D eigenvalue weighted by molar-refractivity contribution is 6.08. The molecule has 0 aliphatic heterocycles. The number of hydrogen-bond donors (Lipinski definition) is 0. The Balaban J connectivity index is 1.81. The highest BCUT2D eigenvalue weighted by Crippen LogP contribution is 2.40. The number of rotatable bonds is 3. The van der Waals surface area contributed by atoms with E-state index in [1.165, 1.54) is 23.9 Å². The number of pyridine rings is 2. The lowest BCUT2D eigenvalue weighted by atomic mass is 9.79. The second kappa shape index (κ2) is 6.77. The summed E-state index contributed by atoms with van der Waals surface area (Å²) in [6.45, 7) is 6.35. The summed E-state index contributed by atoms with van der Waals surface area (Å²) < 4.78 is 19.9. The minimum absolute atomic E-state index is 0.305. The average Bonchev–Trinajstić information content (AvgIpc) is 3.11. The molecule has 3 aromatic heterocycles. The normalized spacial score (nSPS) is 12.0. The molecule has 5 aromatic rings. The van der Waals surface area contributed by atoms with Crippen LogP contribution in [-0.2, 0) is 5.41 Å². The van der Waals surface area contributed by atoms with Crippen molar-refractivity contribution in [2.24, 2.45) is 0 Å². The van der Waals surface area contributed by atoms with Gasteiger partial charge in [-0.25, -0.2) is 4.39 Å². The molecule has 0 aliphatic rings. The average molecular weight is 396 g/mol. The first-order valence-corrected chi connectivity index (χ1v) is 9.95. The van der Waals surface area contributed by atoms with Crippen molar-refractivity contribution in [3.8, 4) is 11.3 Å². The van der Waals surface area contributed by atoms with Gasteiger partial charge in [0.05, 0.1) is 16.8 Å². The molecular formula is C26H21FN2O. The number of aromatic nitrogens is 2. The van der Waals surface area contributed by atoms with Crippen molar-refractivity contribution in [3.63, 3.8) is 0 Å². The van der Waals surface area contributed by atoms with E-state index in [0.29, 0.717) is 5.69 Å². The molecule has 0 N–H and O–H groups in total. The first-order valence-electron chi connectivity index (χ1n) is 9.95. The van der Waals surface area contributed by atoms with Gasteiger partial charge in [0, 0.05) is 40.4 Å². The quantitative estimate of drug-likeness (QED) is 0.336. The zero-order valence-corrected chi connectivity index (χ0v) is 17.1. The van der Waals surface area contributed by atoms with Crippen molar-refractivity contribution in [2.45, 2.75) is 26.2 Å². The number of benzene rings is 2. The Morgan fingerprint density at radius 1 is 0.900 bits per heavy atom. The van der Waals surface area contributed by atoms with E-state index in [-0.39, 0.29) is 11.2 Å². The number of nitrogens with zero attached hydrogens (tertiary/aromatic N) is 2. The number of halogens is 1. The fourth-order valence-electron chi connectivity index (χ4n) is 4.08. The molecule has 0 aliphatic carbocycles. The Labute approximate surface area is 174 Å². The molecule has 0 atom stereocenters. The van der Waals surface area contributed by atoms with Crippen LogP contribution < -0.4 is 0 Å². The Hall–Kier alpha value is -3.53. The van der Waals surface area contributed by atoms with E-state index in [2.05, 4.69) is 31.0 Å². The number of furan rings is 1. The molecule has 4 heteroatoms. The lowest BCUT2D eigenvalue weighted by Gasteiger charge is -2.26. The minimum Gasteiger partial charge on any atom is -0.456 e. The van der Waals surface area contributed by atoms with Gasteiger partial charge in [0.25, 0.3) is 0 Å². The highest BCUT2D eigenvalue weighted by Gasteiger charge is 2.29. The second-order valence-corrected chi connectivity index (χ2v) is 8.15. The van der Waals surface area contributed by atoms with E-state index >= 15 is 0 Å².